The van der Waals surface area contributed by atoms with E-state index in [1.54, 1.807) is 0 Å². The normalized spacial score (nSPS) is 49.1. The number of hydrogen-bond donors (Lipinski definition) is 1. The Morgan fingerprint density at radius 1 is 1.18 bits per heavy atom. The van der Waals surface area contributed by atoms with Crippen LogP contribution >= 0.6 is 0 Å². The summed E-state index contributed by atoms with van der Waals surface area (Å²) in [6, 6.07) is 0. The predicted molar refractivity (Wildman–Crippen MR) is 90.7 cm³/mol. The van der Waals surface area contributed by atoms with Gasteiger partial charge < -0.3 is 9.84 Å². The molecule has 1 aliphatic heterocycles. The average molecular weight is 306 g/mol. The molecule has 6 atom stereocenters. The quantitative estimate of drug-likeness (QED) is 0.562. The molecule has 126 valence electrons. The fourth-order valence-corrected chi connectivity index (χ4v) is 5.16. The van der Waals surface area contributed by atoms with Crippen molar-refractivity contribution in [2.75, 3.05) is 0 Å². The van der Waals surface area contributed by atoms with Gasteiger partial charge in [-0.05, 0) is 83.0 Å². The first-order valence-electron chi connectivity index (χ1n) is 9.30. The second kappa shape index (κ2) is 5.63. The monoisotopic (exact) mass is 306 g/mol. The average Bonchev–Trinajstić information content (AvgIpc) is 3.06. The third kappa shape index (κ3) is 3.01. The van der Waals surface area contributed by atoms with Crippen LogP contribution in [0.2, 0.25) is 0 Å². The van der Waals surface area contributed by atoms with Crippen LogP contribution in [0.4, 0.5) is 0 Å². The van der Waals surface area contributed by atoms with Crippen LogP contribution in [0, 0.1) is 23.7 Å². The molecule has 3 rings (SSSR count). The lowest BCUT2D eigenvalue weighted by Crippen LogP contribution is -2.47. The fourth-order valence-electron chi connectivity index (χ4n) is 5.16. The molecular formula is C20H34O2. The van der Waals surface area contributed by atoms with Crippen LogP contribution in [0.15, 0.2) is 11.6 Å². The summed E-state index contributed by atoms with van der Waals surface area (Å²) in [5.41, 5.74) is 1.06. The molecule has 2 aliphatic carbocycles. The van der Waals surface area contributed by atoms with E-state index in [0.717, 1.165) is 32.1 Å². The molecule has 6 unspecified atom stereocenters. The number of epoxide rings is 1. The van der Waals surface area contributed by atoms with E-state index in [1.807, 2.05) is 0 Å². The van der Waals surface area contributed by atoms with Gasteiger partial charge in [-0.1, -0.05) is 25.5 Å². The van der Waals surface area contributed by atoms with Gasteiger partial charge in [0.15, 0.2) is 0 Å². The molecule has 3 aliphatic rings. The summed E-state index contributed by atoms with van der Waals surface area (Å²) in [6.07, 6.45) is 9.59. The number of allylic oxidation sites excluding steroid dienone is 2. The van der Waals surface area contributed by atoms with Crippen molar-refractivity contribution in [3.05, 3.63) is 11.6 Å². The van der Waals surface area contributed by atoms with Crippen LogP contribution in [0.1, 0.15) is 73.1 Å². The van der Waals surface area contributed by atoms with Crippen LogP contribution in [0.25, 0.3) is 0 Å². The van der Waals surface area contributed by atoms with Gasteiger partial charge in [-0.3, -0.25) is 0 Å². The van der Waals surface area contributed by atoms with Crippen LogP contribution in [-0.4, -0.2) is 22.4 Å². The van der Waals surface area contributed by atoms with Gasteiger partial charge in [0.1, 0.15) is 0 Å². The van der Waals surface area contributed by atoms with E-state index in [2.05, 4.69) is 40.7 Å². The molecule has 2 nitrogen and oxygen atoms in total. The predicted octanol–water partition coefficient (Wildman–Crippen LogP) is 4.71. The van der Waals surface area contributed by atoms with Crippen molar-refractivity contribution in [1.82, 2.24) is 0 Å². The van der Waals surface area contributed by atoms with Gasteiger partial charge in [0.05, 0.1) is 17.3 Å². The number of rotatable bonds is 1. The molecule has 0 spiro atoms. The largest absolute Gasteiger partial charge is 0.390 e. The van der Waals surface area contributed by atoms with Crippen molar-refractivity contribution in [1.29, 1.82) is 0 Å². The molecule has 0 bridgehead atoms. The summed E-state index contributed by atoms with van der Waals surface area (Å²) in [6.45, 7) is 11.3. The van der Waals surface area contributed by atoms with Gasteiger partial charge in [0, 0.05) is 0 Å². The third-order valence-electron chi connectivity index (χ3n) is 6.86. The van der Waals surface area contributed by atoms with E-state index in [-0.39, 0.29) is 5.60 Å². The Balaban J connectivity index is 1.91. The first-order valence-corrected chi connectivity index (χ1v) is 9.30. The maximum atomic E-state index is 11.0. The molecule has 2 fully saturated rings. The number of fused-ring (bicyclic) bond motifs is 2. The first kappa shape index (κ1) is 16.5. The van der Waals surface area contributed by atoms with Crippen molar-refractivity contribution >= 4 is 0 Å². The van der Waals surface area contributed by atoms with Crippen LogP contribution < -0.4 is 0 Å². The van der Waals surface area contributed by atoms with Gasteiger partial charge in [0.2, 0.25) is 0 Å². The summed E-state index contributed by atoms with van der Waals surface area (Å²) >= 11 is 0. The van der Waals surface area contributed by atoms with E-state index in [9.17, 15) is 5.11 Å². The second-order valence-electron chi connectivity index (χ2n) is 9.00. The van der Waals surface area contributed by atoms with E-state index in [1.165, 1.54) is 12.0 Å². The lowest BCUT2D eigenvalue weighted by molar-refractivity contribution is -0.0802. The molecule has 1 saturated carbocycles. The summed E-state index contributed by atoms with van der Waals surface area (Å²) in [4.78, 5) is 0. The third-order valence-corrected chi connectivity index (χ3v) is 6.86. The Morgan fingerprint density at radius 2 is 1.91 bits per heavy atom. The zero-order valence-electron chi connectivity index (χ0n) is 15.1. The highest BCUT2D eigenvalue weighted by Gasteiger charge is 2.53. The second-order valence-corrected chi connectivity index (χ2v) is 9.00. The topological polar surface area (TPSA) is 32.8 Å². The molecule has 1 saturated heterocycles. The van der Waals surface area contributed by atoms with Crippen molar-refractivity contribution in [3.8, 4) is 0 Å². The Hall–Kier alpha value is -0.340. The van der Waals surface area contributed by atoms with Crippen LogP contribution in [0.5, 0.6) is 0 Å². The van der Waals surface area contributed by atoms with E-state index in [0.29, 0.717) is 29.8 Å². The molecular weight excluding hydrogens is 272 g/mol. The number of hydrogen-bond acceptors (Lipinski definition) is 2. The van der Waals surface area contributed by atoms with Gasteiger partial charge in [-0.15, -0.1) is 0 Å². The summed E-state index contributed by atoms with van der Waals surface area (Å²) in [5, 5.41) is 11.0. The van der Waals surface area contributed by atoms with Crippen molar-refractivity contribution in [2.24, 2.45) is 23.7 Å². The molecule has 2 heteroatoms. The zero-order valence-corrected chi connectivity index (χ0v) is 15.1. The van der Waals surface area contributed by atoms with Crippen molar-refractivity contribution in [3.63, 3.8) is 0 Å². The van der Waals surface area contributed by atoms with Gasteiger partial charge in [-0.2, -0.15) is 0 Å². The summed E-state index contributed by atoms with van der Waals surface area (Å²) in [5.74, 6) is 2.31. The van der Waals surface area contributed by atoms with E-state index >= 15 is 0 Å². The molecule has 0 aromatic heterocycles. The highest BCUT2D eigenvalue weighted by molar-refractivity contribution is 5.12. The minimum absolute atomic E-state index is 0.0863. The fraction of sp³-hybridized carbons (Fsp3) is 0.900. The first-order chi connectivity index (χ1) is 10.2. The van der Waals surface area contributed by atoms with E-state index < -0.39 is 5.60 Å². The minimum atomic E-state index is -0.521. The lowest BCUT2D eigenvalue weighted by Gasteiger charge is -2.48. The Labute approximate surface area is 136 Å². The van der Waals surface area contributed by atoms with Crippen LogP contribution in [-0.2, 0) is 4.74 Å². The molecule has 1 heterocycles. The Morgan fingerprint density at radius 3 is 2.59 bits per heavy atom. The molecule has 22 heavy (non-hydrogen) atoms. The molecule has 0 radical (unpaired) electrons. The smallest absolute Gasteiger partial charge is 0.0920 e. The van der Waals surface area contributed by atoms with E-state index in [4.69, 9.17) is 4.74 Å². The summed E-state index contributed by atoms with van der Waals surface area (Å²) in [7, 11) is 0. The summed E-state index contributed by atoms with van der Waals surface area (Å²) < 4.78 is 6.00. The standard InChI is InChI=1S/C20H34O2/c1-13(2)15-8-10-19(4,21)17-9-11-20(5)18(22-20)7-6-14(3)12-16(15)17/h12-13,15-18,21H,6-11H2,1-5H3. The van der Waals surface area contributed by atoms with Gasteiger partial charge >= 0.3 is 0 Å². The maximum Gasteiger partial charge on any atom is 0.0920 e. The zero-order chi connectivity index (χ0) is 16.1. The highest BCUT2D eigenvalue weighted by Crippen LogP contribution is 2.51. The molecule has 0 aromatic carbocycles. The van der Waals surface area contributed by atoms with Crippen molar-refractivity contribution < 1.29 is 9.84 Å². The number of aliphatic hydroxyl groups is 1. The number of ether oxygens (including phenoxy) is 1. The molecule has 1 N–H and O–H groups in total. The molecule has 0 aromatic rings. The minimum Gasteiger partial charge on any atom is -0.390 e. The maximum absolute atomic E-state index is 11.0. The Kier molecular flexibility index (Phi) is 4.23. The lowest BCUT2D eigenvalue weighted by atomic mass is 9.60. The highest BCUT2D eigenvalue weighted by atomic mass is 16.6. The van der Waals surface area contributed by atoms with Gasteiger partial charge in [-0.25, -0.2) is 0 Å². The molecule has 0 amide bonds. The Bertz CT molecular complexity index is 451. The SMILES string of the molecule is CC1=CC2C(C(C)C)CCC(C)(O)C2CCC2(C)OC2CC1. The van der Waals surface area contributed by atoms with Crippen molar-refractivity contribution in [2.45, 2.75) is 90.4 Å². The van der Waals surface area contributed by atoms with Crippen LogP contribution in [0.3, 0.4) is 0 Å². The van der Waals surface area contributed by atoms with Gasteiger partial charge in [0.25, 0.3) is 0 Å².